The highest BCUT2D eigenvalue weighted by Gasteiger charge is 2.23. The molecule has 3 nitrogen and oxygen atoms in total. The number of aryl methyl sites for hydroxylation is 2. The first-order valence-corrected chi connectivity index (χ1v) is 6.73. The standard InChI is InChI=1S/C15H22N2O/c1-11-7-8-14(12(2)10-11)16-15(18)17-9-5-4-6-13(17)3/h7-8,10,13H,4-6,9H2,1-3H3,(H,16,18)/t13-/m0/s1. The number of hydrogen-bond donors (Lipinski definition) is 1. The number of carbonyl (C=O) groups excluding carboxylic acids is 1. The van der Waals surface area contributed by atoms with Gasteiger partial charge >= 0.3 is 6.03 Å². The largest absolute Gasteiger partial charge is 0.322 e. The van der Waals surface area contributed by atoms with E-state index < -0.39 is 0 Å². The fraction of sp³-hybridized carbons (Fsp3) is 0.533. The maximum atomic E-state index is 12.2. The third kappa shape index (κ3) is 2.84. The Balaban J connectivity index is 2.06. The Morgan fingerprint density at radius 1 is 1.33 bits per heavy atom. The quantitative estimate of drug-likeness (QED) is 0.805. The molecule has 0 spiro atoms. The van der Waals surface area contributed by atoms with Gasteiger partial charge in [-0.3, -0.25) is 0 Å². The van der Waals surface area contributed by atoms with Gasteiger partial charge in [0.25, 0.3) is 0 Å². The van der Waals surface area contributed by atoms with Crippen LogP contribution in [0.1, 0.15) is 37.3 Å². The zero-order valence-corrected chi connectivity index (χ0v) is 11.5. The number of nitrogens with one attached hydrogen (secondary N) is 1. The third-order valence-corrected chi connectivity index (χ3v) is 3.69. The first kappa shape index (κ1) is 12.9. The van der Waals surface area contributed by atoms with Gasteiger partial charge in [0.05, 0.1) is 0 Å². The fourth-order valence-electron chi connectivity index (χ4n) is 2.54. The smallest absolute Gasteiger partial charge is 0.322 e. The van der Waals surface area contributed by atoms with Crippen molar-refractivity contribution in [3.8, 4) is 0 Å². The molecule has 1 N–H and O–H groups in total. The van der Waals surface area contributed by atoms with E-state index in [1.807, 2.05) is 24.0 Å². The van der Waals surface area contributed by atoms with Gasteiger partial charge in [0.2, 0.25) is 0 Å². The maximum Gasteiger partial charge on any atom is 0.322 e. The summed E-state index contributed by atoms with van der Waals surface area (Å²) >= 11 is 0. The Morgan fingerprint density at radius 3 is 2.78 bits per heavy atom. The average molecular weight is 246 g/mol. The van der Waals surface area contributed by atoms with Gasteiger partial charge in [-0.1, -0.05) is 17.7 Å². The van der Waals surface area contributed by atoms with E-state index in [4.69, 9.17) is 0 Å². The molecule has 1 aliphatic rings. The molecule has 0 bridgehead atoms. The average Bonchev–Trinajstić information content (AvgIpc) is 2.33. The van der Waals surface area contributed by atoms with Crippen LogP contribution in [0.4, 0.5) is 10.5 Å². The molecule has 1 aromatic carbocycles. The van der Waals surface area contributed by atoms with Crippen molar-refractivity contribution < 1.29 is 4.79 Å². The SMILES string of the molecule is Cc1ccc(NC(=O)N2CCCC[C@@H]2C)c(C)c1. The van der Waals surface area contributed by atoms with Crippen molar-refractivity contribution in [2.75, 3.05) is 11.9 Å². The second kappa shape index (κ2) is 5.42. The second-order valence-corrected chi connectivity index (χ2v) is 5.29. The summed E-state index contributed by atoms with van der Waals surface area (Å²) in [6.45, 7) is 7.09. The summed E-state index contributed by atoms with van der Waals surface area (Å²) in [6, 6.07) is 6.49. The summed E-state index contributed by atoms with van der Waals surface area (Å²) in [5.74, 6) is 0. The number of benzene rings is 1. The van der Waals surface area contributed by atoms with Crippen LogP contribution < -0.4 is 5.32 Å². The van der Waals surface area contributed by atoms with Crippen LogP contribution in [-0.4, -0.2) is 23.5 Å². The van der Waals surface area contributed by atoms with Gasteiger partial charge < -0.3 is 10.2 Å². The van der Waals surface area contributed by atoms with E-state index in [0.717, 1.165) is 30.6 Å². The number of amides is 2. The fourth-order valence-corrected chi connectivity index (χ4v) is 2.54. The lowest BCUT2D eigenvalue weighted by atomic mass is 10.0. The Hall–Kier alpha value is -1.51. The number of urea groups is 1. The molecule has 1 heterocycles. The number of carbonyl (C=O) groups is 1. The van der Waals surface area contributed by atoms with Crippen molar-refractivity contribution in [2.24, 2.45) is 0 Å². The van der Waals surface area contributed by atoms with Gasteiger partial charge in [-0.15, -0.1) is 0 Å². The molecule has 3 heteroatoms. The van der Waals surface area contributed by atoms with Crippen LogP contribution in [0, 0.1) is 13.8 Å². The van der Waals surface area contributed by atoms with Crippen LogP contribution in [-0.2, 0) is 0 Å². The summed E-state index contributed by atoms with van der Waals surface area (Å²) < 4.78 is 0. The van der Waals surface area contributed by atoms with Crippen LogP contribution >= 0.6 is 0 Å². The predicted octanol–water partition coefficient (Wildman–Crippen LogP) is 3.71. The van der Waals surface area contributed by atoms with Crippen molar-refractivity contribution >= 4 is 11.7 Å². The molecule has 98 valence electrons. The minimum Gasteiger partial charge on any atom is -0.322 e. The van der Waals surface area contributed by atoms with E-state index in [1.54, 1.807) is 0 Å². The maximum absolute atomic E-state index is 12.2. The molecule has 2 rings (SSSR count). The van der Waals surface area contributed by atoms with Crippen molar-refractivity contribution in [1.29, 1.82) is 0 Å². The van der Waals surface area contributed by atoms with Gasteiger partial charge in [-0.05, 0) is 51.7 Å². The zero-order chi connectivity index (χ0) is 13.1. The van der Waals surface area contributed by atoms with Crippen molar-refractivity contribution in [3.05, 3.63) is 29.3 Å². The summed E-state index contributed by atoms with van der Waals surface area (Å²) in [7, 11) is 0. The molecule has 1 aliphatic heterocycles. The van der Waals surface area contributed by atoms with Crippen LogP contribution in [0.3, 0.4) is 0 Å². The van der Waals surface area contributed by atoms with E-state index >= 15 is 0 Å². The first-order chi connectivity index (χ1) is 8.58. The topological polar surface area (TPSA) is 32.3 Å². The van der Waals surface area contributed by atoms with Crippen LogP contribution in [0.2, 0.25) is 0 Å². The molecule has 0 unspecified atom stereocenters. The number of anilines is 1. The monoisotopic (exact) mass is 246 g/mol. The number of rotatable bonds is 1. The number of hydrogen-bond acceptors (Lipinski definition) is 1. The lowest BCUT2D eigenvalue weighted by molar-refractivity contribution is 0.170. The van der Waals surface area contributed by atoms with Gasteiger partial charge in [-0.2, -0.15) is 0 Å². The van der Waals surface area contributed by atoms with Gasteiger partial charge in [0, 0.05) is 18.3 Å². The van der Waals surface area contributed by atoms with E-state index in [2.05, 4.69) is 25.2 Å². The molecule has 18 heavy (non-hydrogen) atoms. The van der Waals surface area contributed by atoms with Crippen molar-refractivity contribution in [2.45, 2.75) is 46.1 Å². The molecule has 1 saturated heterocycles. The Bertz CT molecular complexity index is 442. The molecule has 0 aliphatic carbocycles. The molecule has 0 saturated carbocycles. The molecule has 1 fully saturated rings. The van der Waals surface area contributed by atoms with Gasteiger partial charge in [0.15, 0.2) is 0 Å². The Kier molecular flexibility index (Phi) is 3.90. The van der Waals surface area contributed by atoms with Gasteiger partial charge in [-0.25, -0.2) is 4.79 Å². The van der Waals surface area contributed by atoms with Gasteiger partial charge in [0.1, 0.15) is 0 Å². The highest BCUT2D eigenvalue weighted by atomic mass is 16.2. The molecule has 1 aromatic rings. The molecular formula is C15H22N2O. The lowest BCUT2D eigenvalue weighted by Crippen LogP contribution is -2.44. The van der Waals surface area contributed by atoms with Crippen molar-refractivity contribution in [1.82, 2.24) is 4.90 Å². The van der Waals surface area contributed by atoms with Crippen LogP contribution in [0.25, 0.3) is 0 Å². The van der Waals surface area contributed by atoms with E-state index in [0.29, 0.717) is 6.04 Å². The Labute approximate surface area is 109 Å². The molecule has 2 amide bonds. The first-order valence-electron chi connectivity index (χ1n) is 6.73. The van der Waals surface area contributed by atoms with Crippen LogP contribution in [0.5, 0.6) is 0 Å². The van der Waals surface area contributed by atoms with E-state index in [9.17, 15) is 4.79 Å². The van der Waals surface area contributed by atoms with E-state index in [-0.39, 0.29) is 6.03 Å². The van der Waals surface area contributed by atoms with Crippen molar-refractivity contribution in [3.63, 3.8) is 0 Å². The third-order valence-electron chi connectivity index (χ3n) is 3.69. The predicted molar refractivity (Wildman–Crippen MR) is 75.0 cm³/mol. The normalized spacial score (nSPS) is 19.7. The number of piperidine rings is 1. The summed E-state index contributed by atoms with van der Waals surface area (Å²) in [6.07, 6.45) is 3.46. The Morgan fingerprint density at radius 2 is 2.11 bits per heavy atom. The van der Waals surface area contributed by atoms with Crippen LogP contribution in [0.15, 0.2) is 18.2 Å². The number of nitrogens with zero attached hydrogens (tertiary/aromatic N) is 1. The summed E-state index contributed by atoms with van der Waals surface area (Å²) in [4.78, 5) is 14.2. The molecule has 0 radical (unpaired) electrons. The minimum atomic E-state index is 0.0363. The van der Waals surface area contributed by atoms with E-state index in [1.165, 1.54) is 12.0 Å². The minimum absolute atomic E-state index is 0.0363. The molecule has 1 atom stereocenters. The molecular weight excluding hydrogens is 224 g/mol. The highest BCUT2D eigenvalue weighted by Crippen LogP contribution is 2.20. The summed E-state index contributed by atoms with van der Waals surface area (Å²) in [5.41, 5.74) is 3.26. The molecule has 0 aromatic heterocycles. The number of likely N-dealkylation sites (tertiary alicyclic amines) is 1. The second-order valence-electron chi connectivity index (χ2n) is 5.29. The lowest BCUT2D eigenvalue weighted by Gasteiger charge is -2.33. The highest BCUT2D eigenvalue weighted by molar-refractivity contribution is 5.90. The zero-order valence-electron chi connectivity index (χ0n) is 11.5. The summed E-state index contributed by atoms with van der Waals surface area (Å²) in [5, 5.41) is 3.02.